The average molecular weight is 651 g/mol. The van der Waals surface area contributed by atoms with Crippen LogP contribution in [0.15, 0.2) is 12.2 Å². The van der Waals surface area contributed by atoms with Crippen LogP contribution in [0.1, 0.15) is 67.2 Å². The summed E-state index contributed by atoms with van der Waals surface area (Å²) in [6.07, 6.45) is -7.50. The third-order valence-electron chi connectivity index (χ3n) is 12.3. The molecule has 0 radical (unpaired) electrons. The largest absolute Gasteiger partial charge is 0.462 e. The highest BCUT2D eigenvalue weighted by molar-refractivity contribution is 6.05. The second kappa shape index (κ2) is 10.3. The van der Waals surface area contributed by atoms with Crippen LogP contribution in [0.3, 0.4) is 0 Å². The molecule has 256 valence electrons. The van der Waals surface area contributed by atoms with Gasteiger partial charge in [0.2, 0.25) is 5.79 Å². The molecule has 3 spiro atoms. The van der Waals surface area contributed by atoms with Crippen LogP contribution in [0.5, 0.6) is 0 Å². The molecule has 4 saturated carbocycles. The topological polar surface area (TPSA) is 177 Å². The third-order valence-corrected chi connectivity index (χ3v) is 12.3. The van der Waals surface area contributed by atoms with Gasteiger partial charge in [0.25, 0.3) is 0 Å². The molecule has 0 aromatic carbocycles. The Hall–Kier alpha value is -1.97. The van der Waals surface area contributed by atoms with Crippen molar-refractivity contribution < 1.29 is 62.9 Å². The number of ether oxygens (including phenoxy) is 7. The summed E-state index contributed by atoms with van der Waals surface area (Å²) >= 11 is 0. The van der Waals surface area contributed by atoms with Crippen LogP contribution in [0, 0.1) is 34.0 Å². The monoisotopic (exact) mass is 650 g/mol. The van der Waals surface area contributed by atoms with Crippen molar-refractivity contribution in [1.29, 1.82) is 0 Å². The van der Waals surface area contributed by atoms with Crippen LogP contribution in [0.25, 0.3) is 0 Å². The number of hydrogen-bond acceptors (Lipinski definition) is 13. The average Bonchev–Trinajstić information content (AvgIpc) is 3.08. The van der Waals surface area contributed by atoms with Gasteiger partial charge in [-0.1, -0.05) is 20.4 Å². The second-order valence-corrected chi connectivity index (χ2v) is 15.5. The highest BCUT2D eigenvalue weighted by Gasteiger charge is 2.91. The van der Waals surface area contributed by atoms with Gasteiger partial charge in [-0.2, -0.15) is 0 Å². The highest BCUT2D eigenvalue weighted by Crippen LogP contribution is 2.80. The van der Waals surface area contributed by atoms with Crippen molar-refractivity contribution in [2.75, 3.05) is 13.2 Å². The lowest BCUT2D eigenvalue weighted by Crippen LogP contribution is -2.89. The molecule has 13 heteroatoms. The zero-order valence-electron chi connectivity index (χ0n) is 27.2. The molecule has 4 bridgehead atoms. The van der Waals surface area contributed by atoms with Crippen molar-refractivity contribution in [3.63, 3.8) is 0 Å². The van der Waals surface area contributed by atoms with Gasteiger partial charge in [-0.15, -0.1) is 0 Å². The van der Waals surface area contributed by atoms with E-state index in [9.17, 15) is 29.7 Å². The normalized spacial score (nSPS) is 51.2. The van der Waals surface area contributed by atoms with Crippen LogP contribution in [-0.2, 0) is 47.5 Å². The van der Waals surface area contributed by atoms with Crippen LogP contribution in [-0.4, -0.2) is 107 Å². The standard InChI is InChI=1S/C33H46O13/c1-14-17-8-9-19-31-13-40-33(32(19,25(14)39)26(17)45-30(6,7)46-33)27(24(31)29(4,5)11-10-20(31)41-15(2)35)44-28-23(42-16(3)36)22(38)21(37)18(12-34)43-28/h17-24,26-28,34,37-38H,1,8-13H2,2-7H3/t17-,18+,19-,20-,21-,22-,23+,24+,26+,27-,28-,31+,32-,33-/m0/s1. The Morgan fingerprint density at radius 1 is 1.02 bits per heavy atom. The summed E-state index contributed by atoms with van der Waals surface area (Å²) in [5.41, 5.74) is -2.41. The fourth-order valence-electron chi connectivity index (χ4n) is 11.0. The van der Waals surface area contributed by atoms with E-state index in [1.54, 1.807) is 13.8 Å². The van der Waals surface area contributed by atoms with Gasteiger partial charge in [-0.3, -0.25) is 14.4 Å². The van der Waals surface area contributed by atoms with Gasteiger partial charge in [0, 0.05) is 31.1 Å². The minimum absolute atomic E-state index is 0.123. The molecule has 8 rings (SSSR count). The third kappa shape index (κ3) is 3.94. The first kappa shape index (κ1) is 32.6. The summed E-state index contributed by atoms with van der Waals surface area (Å²) in [5.74, 6) is -5.57. The molecule has 14 atom stereocenters. The number of hydrogen-bond donors (Lipinski definition) is 3. The number of ketones is 1. The Bertz CT molecular complexity index is 1340. The lowest BCUT2D eigenvalue weighted by Gasteiger charge is -2.78. The fourth-order valence-corrected chi connectivity index (χ4v) is 11.0. The minimum Gasteiger partial charge on any atom is -0.462 e. The molecule has 4 saturated heterocycles. The summed E-state index contributed by atoms with van der Waals surface area (Å²) in [4.78, 5) is 39.7. The maximum Gasteiger partial charge on any atom is 0.303 e. The number of Topliss-reactive ketones (excluding diaryl/α,β-unsaturated/α-hetero) is 1. The molecule has 8 fully saturated rings. The molecule has 46 heavy (non-hydrogen) atoms. The molecule has 4 aliphatic heterocycles. The van der Waals surface area contributed by atoms with Gasteiger partial charge in [0.15, 0.2) is 24.0 Å². The molecule has 3 N–H and O–H groups in total. The zero-order chi connectivity index (χ0) is 33.4. The maximum atomic E-state index is 14.8. The molecule has 8 aliphatic rings. The Balaban J connectivity index is 1.47. The first-order valence-electron chi connectivity index (χ1n) is 16.4. The van der Waals surface area contributed by atoms with E-state index in [1.807, 2.05) is 0 Å². The molecule has 0 amide bonds. The number of aliphatic hydroxyl groups excluding tert-OH is 3. The summed E-state index contributed by atoms with van der Waals surface area (Å²) in [7, 11) is 0. The molecule has 0 aromatic rings. The van der Waals surface area contributed by atoms with E-state index in [2.05, 4.69) is 20.4 Å². The molecule has 4 aliphatic carbocycles. The molecule has 0 aromatic heterocycles. The van der Waals surface area contributed by atoms with Crippen LogP contribution >= 0.6 is 0 Å². The quantitative estimate of drug-likeness (QED) is 0.220. The number of carbonyl (C=O) groups is 3. The first-order chi connectivity index (χ1) is 21.5. The molecular formula is C33H46O13. The second-order valence-electron chi connectivity index (χ2n) is 15.5. The molecule has 4 heterocycles. The van der Waals surface area contributed by atoms with Gasteiger partial charge in [-0.25, -0.2) is 0 Å². The van der Waals surface area contributed by atoms with Crippen molar-refractivity contribution in [3.8, 4) is 0 Å². The Labute approximate surface area is 267 Å². The van der Waals surface area contributed by atoms with Crippen molar-refractivity contribution in [2.24, 2.45) is 34.0 Å². The van der Waals surface area contributed by atoms with E-state index >= 15 is 0 Å². The number of rotatable bonds is 5. The van der Waals surface area contributed by atoms with E-state index in [1.165, 1.54) is 6.92 Å². The summed E-state index contributed by atoms with van der Waals surface area (Å²) in [6, 6.07) is 0. The predicted molar refractivity (Wildman–Crippen MR) is 154 cm³/mol. The van der Waals surface area contributed by atoms with E-state index in [0.29, 0.717) is 31.3 Å². The predicted octanol–water partition coefficient (Wildman–Crippen LogP) is 1.14. The molecule has 0 unspecified atom stereocenters. The lowest BCUT2D eigenvalue weighted by molar-refractivity contribution is -0.544. The Morgan fingerprint density at radius 2 is 1.72 bits per heavy atom. The number of carbonyl (C=O) groups excluding carboxylic acids is 3. The van der Waals surface area contributed by atoms with Gasteiger partial charge in [0.05, 0.1) is 19.3 Å². The van der Waals surface area contributed by atoms with E-state index in [4.69, 9.17) is 33.2 Å². The van der Waals surface area contributed by atoms with Crippen LogP contribution < -0.4 is 0 Å². The van der Waals surface area contributed by atoms with Crippen molar-refractivity contribution in [1.82, 2.24) is 0 Å². The van der Waals surface area contributed by atoms with Crippen molar-refractivity contribution in [2.45, 2.75) is 128 Å². The molecular weight excluding hydrogens is 604 g/mol. The van der Waals surface area contributed by atoms with Gasteiger partial charge in [-0.05, 0) is 56.4 Å². The van der Waals surface area contributed by atoms with E-state index in [-0.39, 0.29) is 24.2 Å². The first-order valence-corrected chi connectivity index (χ1v) is 16.4. The lowest BCUT2D eigenvalue weighted by atomic mass is 9.35. The SMILES string of the molecule is C=C1C(=O)[C@@]23[C@@H]4OC(C)(C)O[C@]25OC[C@]2([C@@H](OC(C)=O)CCC(C)(C)[C@H]2[C@@H]5O[C@@H]2O[C@H](CO)[C@H](O)[C@H](O)[C@H]2OC(C)=O)[C@@H]3CC[C@@H]14. The van der Waals surface area contributed by atoms with Gasteiger partial charge < -0.3 is 48.5 Å². The van der Waals surface area contributed by atoms with Crippen molar-refractivity contribution in [3.05, 3.63) is 12.2 Å². The van der Waals surface area contributed by atoms with E-state index < -0.39 is 101 Å². The summed E-state index contributed by atoms with van der Waals surface area (Å²) in [5, 5.41) is 31.9. The summed E-state index contributed by atoms with van der Waals surface area (Å²) in [6.45, 7) is 14.0. The van der Waals surface area contributed by atoms with E-state index in [0.717, 1.165) is 6.92 Å². The number of esters is 2. The zero-order valence-corrected chi connectivity index (χ0v) is 27.2. The maximum absolute atomic E-state index is 14.8. The summed E-state index contributed by atoms with van der Waals surface area (Å²) < 4.78 is 45.0. The smallest absolute Gasteiger partial charge is 0.303 e. The van der Waals surface area contributed by atoms with Crippen LogP contribution in [0.4, 0.5) is 0 Å². The van der Waals surface area contributed by atoms with Gasteiger partial charge >= 0.3 is 11.9 Å². The fraction of sp³-hybridized carbons (Fsp3) is 0.848. The van der Waals surface area contributed by atoms with Crippen LogP contribution in [0.2, 0.25) is 0 Å². The van der Waals surface area contributed by atoms with Gasteiger partial charge in [0.1, 0.15) is 35.9 Å². The minimum atomic E-state index is -1.75. The number of fused-ring (bicyclic) bond motifs is 1. The number of aliphatic hydroxyl groups is 3. The Morgan fingerprint density at radius 3 is 2.37 bits per heavy atom. The Kier molecular flexibility index (Phi) is 7.27. The highest BCUT2D eigenvalue weighted by atomic mass is 16.8. The van der Waals surface area contributed by atoms with Crippen molar-refractivity contribution >= 4 is 17.7 Å². The molecule has 13 nitrogen and oxygen atoms in total.